The Morgan fingerprint density at radius 3 is 2.59 bits per heavy atom. The molecule has 6 nitrogen and oxygen atoms in total. The van der Waals surface area contributed by atoms with Gasteiger partial charge in [-0.25, -0.2) is 0 Å². The van der Waals surface area contributed by atoms with E-state index in [2.05, 4.69) is 0 Å². The van der Waals surface area contributed by atoms with Gasteiger partial charge in [0.05, 0.1) is 26.4 Å². The zero-order valence-corrected chi connectivity index (χ0v) is 16.7. The molecule has 0 bridgehead atoms. The minimum atomic E-state index is -0.526. The highest BCUT2D eigenvalue weighted by atomic mass is 32.2. The van der Waals surface area contributed by atoms with E-state index in [4.69, 9.17) is 13.9 Å². The van der Waals surface area contributed by atoms with E-state index in [0.717, 1.165) is 10.6 Å². The molecule has 0 radical (unpaired) electrons. The highest BCUT2D eigenvalue weighted by Crippen LogP contribution is 2.35. The van der Waals surface area contributed by atoms with E-state index in [1.165, 1.54) is 24.9 Å². The summed E-state index contributed by atoms with van der Waals surface area (Å²) in [5.41, 5.74) is -0.526. The second kappa shape index (κ2) is 9.50. The molecule has 1 aromatic heterocycles. The molecule has 0 aliphatic heterocycles. The zero-order valence-electron chi connectivity index (χ0n) is 15.9. The maximum absolute atomic E-state index is 12.2. The molecule has 146 valence electrons. The topological polar surface area (TPSA) is 86.0 Å². The van der Waals surface area contributed by atoms with Gasteiger partial charge < -0.3 is 19.0 Å². The van der Waals surface area contributed by atoms with Crippen LogP contribution in [0.3, 0.4) is 0 Å². The van der Waals surface area contributed by atoms with Gasteiger partial charge in [-0.2, -0.15) is 0 Å². The van der Waals surface area contributed by atoms with E-state index in [1.54, 1.807) is 7.11 Å². The van der Waals surface area contributed by atoms with Gasteiger partial charge in [-0.1, -0.05) is 26.0 Å². The first kappa shape index (κ1) is 20.9. The Labute approximate surface area is 162 Å². The Bertz CT molecular complexity index is 843. The van der Waals surface area contributed by atoms with Crippen molar-refractivity contribution in [1.82, 2.24) is 0 Å². The van der Waals surface area contributed by atoms with Crippen LogP contribution in [-0.2, 0) is 15.3 Å². The van der Waals surface area contributed by atoms with Crippen LogP contribution >= 0.6 is 11.8 Å². The Kier molecular flexibility index (Phi) is 7.36. The number of rotatable bonds is 8. The van der Waals surface area contributed by atoms with E-state index in [0.29, 0.717) is 11.5 Å². The van der Waals surface area contributed by atoms with Gasteiger partial charge in [-0.05, 0) is 18.1 Å². The fourth-order valence-electron chi connectivity index (χ4n) is 2.66. The number of benzene rings is 1. The third kappa shape index (κ3) is 5.29. The average Bonchev–Trinajstić information content (AvgIpc) is 2.66. The predicted molar refractivity (Wildman–Crippen MR) is 103 cm³/mol. The van der Waals surface area contributed by atoms with E-state index >= 15 is 0 Å². The highest BCUT2D eigenvalue weighted by Gasteiger charge is 2.27. The Balaban J connectivity index is 2.31. The lowest BCUT2D eigenvalue weighted by atomic mass is 9.89. The van der Waals surface area contributed by atoms with Crippen LogP contribution in [0.5, 0.6) is 11.5 Å². The molecule has 0 spiro atoms. The molecule has 2 rings (SSSR count). The fourth-order valence-corrected chi connectivity index (χ4v) is 3.57. The highest BCUT2D eigenvalue weighted by molar-refractivity contribution is 7.98. The zero-order chi connectivity index (χ0) is 20.0. The number of methoxy groups -OCH3 is 2. The van der Waals surface area contributed by atoms with Crippen LogP contribution < -0.4 is 10.2 Å². The summed E-state index contributed by atoms with van der Waals surface area (Å²) in [4.78, 5) is 24.8. The van der Waals surface area contributed by atoms with Gasteiger partial charge in [0.2, 0.25) is 11.2 Å². The second-order valence-electron chi connectivity index (χ2n) is 6.36. The largest absolute Gasteiger partial charge is 0.502 e. The van der Waals surface area contributed by atoms with Crippen molar-refractivity contribution < 1.29 is 23.8 Å². The molecule has 0 amide bonds. The number of hydrogen-bond acceptors (Lipinski definition) is 7. The first-order chi connectivity index (χ1) is 12.9. The van der Waals surface area contributed by atoms with E-state index < -0.39 is 23.1 Å². The quantitative estimate of drug-likeness (QED) is 0.538. The summed E-state index contributed by atoms with van der Waals surface area (Å²) in [5, 5.41) is 10.2. The molecule has 1 unspecified atom stereocenters. The van der Waals surface area contributed by atoms with Crippen LogP contribution in [0, 0.1) is 5.92 Å². The normalized spacial score (nSPS) is 12.0. The number of thioether (sulfide) groups is 1. The Morgan fingerprint density at radius 2 is 1.96 bits per heavy atom. The molecular formula is C20H24O6S. The standard InChI is InChI=1S/C20H24O6S/c1-12(2)14(10-18(22)25-4)20-19(23)15(21)9-13(26-20)11-27-17-8-6-5-7-16(17)24-3/h5-9,12,14,23H,10-11H2,1-4H3. The van der Waals surface area contributed by atoms with Crippen LogP contribution in [0.1, 0.15) is 37.7 Å². The van der Waals surface area contributed by atoms with Gasteiger partial charge in [-0.15, -0.1) is 11.8 Å². The third-order valence-corrected chi connectivity index (χ3v) is 5.27. The molecule has 0 saturated heterocycles. The predicted octanol–water partition coefficient (Wildman–Crippen LogP) is 3.95. The van der Waals surface area contributed by atoms with Crippen LogP contribution in [0.25, 0.3) is 0 Å². The lowest BCUT2D eigenvalue weighted by molar-refractivity contribution is -0.141. The number of carbonyl (C=O) groups is 1. The molecule has 27 heavy (non-hydrogen) atoms. The summed E-state index contributed by atoms with van der Waals surface area (Å²) < 4.78 is 15.9. The van der Waals surface area contributed by atoms with E-state index in [9.17, 15) is 14.7 Å². The van der Waals surface area contributed by atoms with Gasteiger partial charge in [0.15, 0.2) is 5.76 Å². The minimum Gasteiger partial charge on any atom is -0.502 e. The third-order valence-electron chi connectivity index (χ3n) is 4.19. The maximum atomic E-state index is 12.2. The van der Waals surface area contributed by atoms with Gasteiger partial charge in [-0.3, -0.25) is 9.59 Å². The maximum Gasteiger partial charge on any atom is 0.306 e. The summed E-state index contributed by atoms with van der Waals surface area (Å²) in [6.07, 6.45) is 0.0216. The molecule has 1 aromatic carbocycles. The van der Waals surface area contributed by atoms with Crippen LogP contribution in [0.15, 0.2) is 44.4 Å². The molecule has 1 heterocycles. The first-order valence-corrected chi connectivity index (χ1v) is 9.54. The summed E-state index contributed by atoms with van der Waals surface area (Å²) in [6, 6.07) is 8.82. The second-order valence-corrected chi connectivity index (χ2v) is 7.38. The molecule has 0 fully saturated rings. The van der Waals surface area contributed by atoms with Crippen molar-refractivity contribution in [2.45, 2.75) is 36.8 Å². The summed E-state index contributed by atoms with van der Waals surface area (Å²) in [6.45, 7) is 3.78. The monoisotopic (exact) mass is 392 g/mol. The molecule has 7 heteroatoms. The van der Waals surface area contributed by atoms with Gasteiger partial charge >= 0.3 is 5.97 Å². The van der Waals surface area contributed by atoms with Crippen LogP contribution in [0.2, 0.25) is 0 Å². The number of aromatic hydroxyl groups is 1. The number of para-hydroxylation sites is 1. The van der Waals surface area contributed by atoms with Gasteiger partial charge in [0, 0.05) is 16.9 Å². The van der Waals surface area contributed by atoms with E-state index in [1.807, 2.05) is 38.1 Å². The fraction of sp³-hybridized carbons (Fsp3) is 0.400. The SMILES string of the molecule is COC(=O)CC(c1oc(CSc2ccccc2OC)cc(=O)c1O)C(C)C. The van der Waals surface area contributed by atoms with Gasteiger partial charge in [0.25, 0.3) is 0 Å². The summed E-state index contributed by atoms with van der Waals surface area (Å²) in [5.74, 6) is 0.281. The molecule has 2 aromatic rings. The average molecular weight is 392 g/mol. The van der Waals surface area contributed by atoms with Crippen molar-refractivity contribution in [1.29, 1.82) is 0 Å². The number of esters is 1. The van der Waals surface area contributed by atoms with Crippen molar-refractivity contribution >= 4 is 17.7 Å². The molecule has 1 N–H and O–H groups in total. The van der Waals surface area contributed by atoms with Crippen molar-refractivity contribution in [3.8, 4) is 11.5 Å². The Morgan fingerprint density at radius 1 is 1.26 bits per heavy atom. The van der Waals surface area contributed by atoms with Gasteiger partial charge in [0.1, 0.15) is 11.5 Å². The molecule has 0 saturated carbocycles. The Hall–Kier alpha value is -2.41. The van der Waals surface area contributed by atoms with Crippen LogP contribution in [0.4, 0.5) is 0 Å². The number of hydrogen-bond donors (Lipinski definition) is 1. The molecular weight excluding hydrogens is 368 g/mol. The summed E-state index contributed by atoms with van der Waals surface area (Å²) >= 11 is 1.46. The smallest absolute Gasteiger partial charge is 0.306 e. The van der Waals surface area contributed by atoms with Crippen molar-refractivity contribution in [2.24, 2.45) is 5.92 Å². The van der Waals surface area contributed by atoms with E-state index in [-0.39, 0.29) is 18.1 Å². The van der Waals surface area contributed by atoms with Crippen molar-refractivity contribution in [3.63, 3.8) is 0 Å². The lowest BCUT2D eigenvalue weighted by Crippen LogP contribution is -2.16. The lowest BCUT2D eigenvalue weighted by Gasteiger charge is -2.20. The first-order valence-electron chi connectivity index (χ1n) is 8.55. The summed E-state index contributed by atoms with van der Waals surface area (Å²) in [7, 11) is 2.90. The van der Waals surface area contributed by atoms with Crippen molar-refractivity contribution in [3.05, 3.63) is 52.1 Å². The molecule has 0 aliphatic rings. The molecule has 1 atom stereocenters. The molecule has 0 aliphatic carbocycles. The number of ether oxygens (including phenoxy) is 2. The van der Waals surface area contributed by atoms with Crippen LogP contribution in [-0.4, -0.2) is 25.3 Å². The number of carbonyl (C=O) groups excluding carboxylic acids is 1. The van der Waals surface area contributed by atoms with Crippen molar-refractivity contribution in [2.75, 3.05) is 14.2 Å². The minimum absolute atomic E-state index is 0.0216.